The van der Waals surface area contributed by atoms with E-state index in [9.17, 15) is 0 Å². The maximum atomic E-state index is 9.08. The van der Waals surface area contributed by atoms with Crippen LogP contribution in [-0.2, 0) is 0 Å². The van der Waals surface area contributed by atoms with Gasteiger partial charge in [-0.2, -0.15) is 4.98 Å². The Bertz CT molecular complexity index is 499. The molecule has 17 heavy (non-hydrogen) atoms. The number of hydrogen-bond acceptors (Lipinski definition) is 6. The third-order valence-electron chi connectivity index (χ3n) is 2.58. The van der Waals surface area contributed by atoms with E-state index in [-0.39, 0.29) is 6.61 Å². The molecule has 6 heteroatoms. The zero-order valence-corrected chi connectivity index (χ0v) is 10.8. The third-order valence-corrected chi connectivity index (χ3v) is 3.39. The molecule has 2 aromatic rings. The Balaban J connectivity index is 2.52. The fraction of sp³-hybridized carbons (Fsp3) is 0.455. The maximum absolute atomic E-state index is 9.08. The molecule has 5 nitrogen and oxygen atoms in total. The van der Waals surface area contributed by atoms with E-state index in [0.717, 1.165) is 22.6 Å². The van der Waals surface area contributed by atoms with Gasteiger partial charge in [0.25, 0.3) is 0 Å². The van der Waals surface area contributed by atoms with Crippen LogP contribution in [-0.4, -0.2) is 41.8 Å². The normalized spacial score (nSPS) is 10.8. The molecule has 0 bridgehead atoms. The van der Waals surface area contributed by atoms with Gasteiger partial charge < -0.3 is 15.3 Å². The van der Waals surface area contributed by atoms with Gasteiger partial charge in [-0.25, -0.2) is 4.98 Å². The topological polar surface area (TPSA) is 61.3 Å². The molecule has 2 rings (SSSR count). The van der Waals surface area contributed by atoms with E-state index in [1.54, 1.807) is 18.4 Å². The minimum Gasteiger partial charge on any atom is -0.395 e. The lowest BCUT2D eigenvalue weighted by atomic mass is 10.3. The largest absolute Gasteiger partial charge is 0.395 e. The average molecular weight is 252 g/mol. The zero-order valence-electron chi connectivity index (χ0n) is 9.97. The fourth-order valence-electron chi connectivity index (χ4n) is 1.73. The number of thiophene rings is 1. The van der Waals surface area contributed by atoms with Gasteiger partial charge in [0.05, 0.1) is 12.0 Å². The first kappa shape index (κ1) is 12.1. The van der Waals surface area contributed by atoms with E-state index in [4.69, 9.17) is 5.11 Å². The molecule has 0 unspecified atom stereocenters. The van der Waals surface area contributed by atoms with Crippen LogP contribution in [0.25, 0.3) is 10.2 Å². The number of rotatable bonds is 5. The highest BCUT2D eigenvalue weighted by Gasteiger charge is 2.13. The van der Waals surface area contributed by atoms with Gasteiger partial charge in [0.2, 0.25) is 5.95 Å². The van der Waals surface area contributed by atoms with Crippen molar-refractivity contribution in [3.63, 3.8) is 0 Å². The van der Waals surface area contributed by atoms with Crippen molar-refractivity contribution in [2.75, 3.05) is 37.0 Å². The summed E-state index contributed by atoms with van der Waals surface area (Å²) in [5.41, 5.74) is 0. The molecular formula is C11H16N4OS. The van der Waals surface area contributed by atoms with E-state index in [2.05, 4.69) is 27.1 Å². The average Bonchev–Trinajstić information content (AvgIpc) is 2.82. The first-order valence-corrected chi connectivity index (χ1v) is 6.47. The molecule has 92 valence electrons. The van der Waals surface area contributed by atoms with Gasteiger partial charge in [-0.15, -0.1) is 11.3 Å². The highest BCUT2D eigenvalue weighted by Crippen LogP contribution is 2.28. The Kier molecular flexibility index (Phi) is 3.75. The Hall–Kier alpha value is -1.40. The summed E-state index contributed by atoms with van der Waals surface area (Å²) in [6.45, 7) is 3.57. The number of fused-ring (bicyclic) bond motifs is 1. The van der Waals surface area contributed by atoms with Crippen LogP contribution in [0.5, 0.6) is 0 Å². The van der Waals surface area contributed by atoms with E-state index < -0.39 is 0 Å². The zero-order chi connectivity index (χ0) is 12.3. The van der Waals surface area contributed by atoms with Crippen LogP contribution in [0, 0.1) is 0 Å². The monoisotopic (exact) mass is 252 g/mol. The predicted octanol–water partition coefficient (Wildman–Crippen LogP) is 1.55. The third kappa shape index (κ3) is 2.32. The summed E-state index contributed by atoms with van der Waals surface area (Å²) in [5, 5.41) is 15.1. The maximum Gasteiger partial charge on any atom is 0.225 e. The van der Waals surface area contributed by atoms with Crippen molar-refractivity contribution in [3.05, 3.63) is 11.4 Å². The van der Waals surface area contributed by atoms with Crippen LogP contribution in [0.15, 0.2) is 11.4 Å². The Morgan fingerprint density at radius 1 is 1.47 bits per heavy atom. The van der Waals surface area contributed by atoms with Gasteiger partial charge in [-0.1, -0.05) is 0 Å². The molecule has 0 radical (unpaired) electrons. The number of nitrogens with zero attached hydrogens (tertiary/aromatic N) is 3. The van der Waals surface area contributed by atoms with Gasteiger partial charge in [0.1, 0.15) is 10.6 Å². The Morgan fingerprint density at radius 3 is 2.94 bits per heavy atom. The molecule has 0 fully saturated rings. The number of aliphatic hydroxyl groups excluding tert-OH is 1. The summed E-state index contributed by atoms with van der Waals surface area (Å²) < 4.78 is 0. The standard InChI is InChI=1S/C11H16N4OS/c1-3-15(5-6-16)9-8-4-7-17-10(8)14-11(12-2)13-9/h4,7,16H,3,5-6H2,1-2H3,(H,12,13,14). The molecular weight excluding hydrogens is 236 g/mol. The number of hydrogen-bond donors (Lipinski definition) is 2. The lowest BCUT2D eigenvalue weighted by molar-refractivity contribution is 0.302. The highest BCUT2D eigenvalue weighted by atomic mass is 32.1. The summed E-state index contributed by atoms with van der Waals surface area (Å²) >= 11 is 1.60. The summed E-state index contributed by atoms with van der Waals surface area (Å²) in [4.78, 5) is 11.9. The molecule has 2 N–H and O–H groups in total. The highest BCUT2D eigenvalue weighted by molar-refractivity contribution is 7.16. The first-order valence-electron chi connectivity index (χ1n) is 5.59. The van der Waals surface area contributed by atoms with Crippen LogP contribution < -0.4 is 10.2 Å². The van der Waals surface area contributed by atoms with Gasteiger partial charge in [0.15, 0.2) is 0 Å². The number of nitrogens with one attached hydrogen (secondary N) is 1. The summed E-state index contributed by atoms with van der Waals surface area (Å²) in [7, 11) is 1.81. The van der Waals surface area contributed by atoms with Crippen LogP contribution in [0.2, 0.25) is 0 Å². The van der Waals surface area contributed by atoms with Crippen molar-refractivity contribution in [2.24, 2.45) is 0 Å². The summed E-state index contributed by atoms with van der Waals surface area (Å²) in [5.74, 6) is 1.50. The lowest BCUT2D eigenvalue weighted by Gasteiger charge is -2.21. The number of anilines is 2. The molecule has 0 amide bonds. The summed E-state index contributed by atoms with van der Waals surface area (Å²) in [6.07, 6.45) is 0. The molecule has 0 saturated carbocycles. The second-order valence-electron chi connectivity index (χ2n) is 3.56. The predicted molar refractivity (Wildman–Crippen MR) is 71.9 cm³/mol. The number of aromatic nitrogens is 2. The second kappa shape index (κ2) is 5.29. The van der Waals surface area contributed by atoms with Crippen LogP contribution in [0.3, 0.4) is 0 Å². The van der Waals surface area contributed by atoms with Crippen molar-refractivity contribution in [1.82, 2.24) is 9.97 Å². The molecule has 0 spiro atoms. The SMILES string of the molecule is CCN(CCO)c1nc(NC)nc2sccc12. The molecule has 0 atom stereocenters. The quantitative estimate of drug-likeness (QED) is 0.845. The first-order chi connectivity index (χ1) is 8.30. The molecule has 0 aliphatic rings. The van der Waals surface area contributed by atoms with Gasteiger partial charge in [-0.3, -0.25) is 0 Å². The molecule has 2 heterocycles. The molecule has 0 saturated heterocycles. The van der Waals surface area contributed by atoms with E-state index in [0.29, 0.717) is 12.5 Å². The Morgan fingerprint density at radius 2 is 2.29 bits per heavy atom. The molecule has 2 aromatic heterocycles. The van der Waals surface area contributed by atoms with Crippen molar-refractivity contribution in [1.29, 1.82) is 0 Å². The van der Waals surface area contributed by atoms with Crippen LogP contribution in [0.4, 0.5) is 11.8 Å². The fourth-order valence-corrected chi connectivity index (χ4v) is 2.49. The summed E-state index contributed by atoms with van der Waals surface area (Å²) in [6, 6.07) is 2.02. The lowest BCUT2D eigenvalue weighted by Crippen LogP contribution is -2.27. The second-order valence-corrected chi connectivity index (χ2v) is 4.46. The van der Waals surface area contributed by atoms with Crippen LogP contribution >= 0.6 is 11.3 Å². The van der Waals surface area contributed by atoms with Gasteiger partial charge in [0, 0.05) is 20.1 Å². The van der Waals surface area contributed by atoms with Crippen molar-refractivity contribution >= 4 is 33.3 Å². The van der Waals surface area contributed by atoms with E-state index in [1.165, 1.54) is 0 Å². The smallest absolute Gasteiger partial charge is 0.225 e. The van der Waals surface area contributed by atoms with Gasteiger partial charge in [-0.05, 0) is 18.4 Å². The number of aliphatic hydroxyl groups is 1. The molecule has 0 aliphatic carbocycles. The minimum absolute atomic E-state index is 0.123. The van der Waals surface area contributed by atoms with Crippen molar-refractivity contribution in [3.8, 4) is 0 Å². The van der Waals surface area contributed by atoms with E-state index in [1.807, 2.05) is 11.4 Å². The van der Waals surface area contributed by atoms with Crippen molar-refractivity contribution < 1.29 is 5.11 Å². The van der Waals surface area contributed by atoms with Crippen molar-refractivity contribution in [2.45, 2.75) is 6.92 Å². The van der Waals surface area contributed by atoms with Crippen LogP contribution in [0.1, 0.15) is 6.92 Å². The molecule has 0 aromatic carbocycles. The van der Waals surface area contributed by atoms with Gasteiger partial charge >= 0.3 is 0 Å². The number of likely N-dealkylation sites (N-methyl/N-ethyl adjacent to an activating group) is 1. The Labute approximate surface area is 104 Å². The minimum atomic E-state index is 0.123. The molecule has 0 aliphatic heterocycles. The van der Waals surface area contributed by atoms with E-state index >= 15 is 0 Å².